The highest BCUT2D eigenvalue weighted by Gasteiger charge is 2.36. The van der Waals surface area contributed by atoms with Crippen LogP contribution < -0.4 is 5.32 Å². The number of imide groups is 1. The molecule has 0 aliphatic carbocycles. The number of halogens is 1. The van der Waals surface area contributed by atoms with E-state index in [4.69, 9.17) is 11.6 Å². The van der Waals surface area contributed by atoms with Crippen LogP contribution in [0.3, 0.4) is 0 Å². The van der Waals surface area contributed by atoms with Gasteiger partial charge >= 0.3 is 0 Å². The van der Waals surface area contributed by atoms with Crippen LogP contribution >= 0.6 is 11.6 Å². The molecule has 0 saturated heterocycles. The Kier molecular flexibility index (Phi) is 4.36. The third-order valence-corrected chi connectivity index (χ3v) is 4.14. The van der Waals surface area contributed by atoms with Gasteiger partial charge < -0.3 is 5.32 Å². The van der Waals surface area contributed by atoms with Crippen molar-refractivity contribution in [2.45, 2.75) is 13.0 Å². The maximum atomic E-state index is 12.3. The molecule has 5 nitrogen and oxygen atoms in total. The SMILES string of the molecule is CC(NC(=O)CN1C(=O)c2ccccc2C1=O)c1cccc(Cl)c1. The molecule has 1 aliphatic heterocycles. The van der Waals surface area contributed by atoms with E-state index in [0.29, 0.717) is 16.1 Å². The Morgan fingerprint density at radius 1 is 1.08 bits per heavy atom. The molecule has 0 aromatic heterocycles. The average Bonchev–Trinajstić information content (AvgIpc) is 2.80. The van der Waals surface area contributed by atoms with Crippen molar-refractivity contribution in [3.05, 3.63) is 70.2 Å². The maximum absolute atomic E-state index is 12.3. The van der Waals surface area contributed by atoms with Gasteiger partial charge in [0.05, 0.1) is 17.2 Å². The summed E-state index contributed by atoms with van der Waals surface area (Å²) >= 11 is 5.94. The van der Waals surface area contributed by atoms with E-state index in [1.54, 1.807) is 42.5 Å². The van der Waals surface area contributed by atoms with Crippen LogP contribution in [-0.2, 0) is 4.79 Å². The molecular weight excluding hydrogens is 328 g/mol. The molecule has 1 N–H and O–H groups in total. The van der Waals surface area contributed by atoms with E-state index in [0.717, 1.165) is 10.5 Å². The zero-order valence-electron chi connectivity index (χ0n) is 13.0. The van der Waals surface area contributed by atoms with E-state index >= 15 is 0 Å². The summed E-state index contributed by atoms with van der Waals surface area (Å²) in [6, 6.07) is 13.4. The summed E-state index contributed by atoms with van der Waals surface area (Å²) in [4.78, 5) is 37.7. The van der Waals surface area contributed by atoms with Crippen LogP contribution in [0.4, 0.5) is 0 Å². The fourth-order valence-electron chi connectivity index (χ4n) is 2.67. The highest BCUT2D eigenvalue weighted by Crippen LogP contribution is 2.22. The van der Waals surface area contributed by atoms with E-state index in [2.05, 4.69) is 5.32 Å². The molecule has 0 saturated carbocycles. The Morgan fingerprint density at radius 3 is 2.29 bits per heavy atom. The Morgan fingerprint density at radius 2 is 1.71 bits per heavy atom. The van der Waals surface area contributed by atoms with Gasteiger partial charge in [0, 0.05) is 5.02 Å². The molecule has 3 rings (SSSR count). The third-order valence-electron chi connectivity index (χ3n) is 3.91. The second-order valence-corrected chi connectivity index (χ2v) is 6.02. The van der Waals surface area contributed by atoms with Crippen molar-refractivity contribution in [1.82, 2.24) is 10.2 Å². The summed E-state index contributed by atoms with van der Waals surface area (Å²) in [5.74, 6) is -1.29. The van der Waals surface area contributed by atoms with Gasteiger partial charge in [-0.2, -0.15) is 0 Å². The molecule has 0 radical (unpaired) electrons. The van der Waals surface area contributed by atoms with Crippen LogP contribution in [-0.4, -0.2) is 29.2 Å². The van der Waals surface area contributed by atoms with Gasteiger partial charge in [0.2, 0.25) is 5.91 Å². The Hall–Kier alpha value is -2.66. The number of rotatable bonds is 4. The molecule has 1 unspecified atom stereocenters. The number of benzene rings is 2. The van der Waals surface area contributed by atoms with Crippen LogP contribution in [0.25, 0.3) is 0 Å². The molecule has 3 amide bonds. The molecule has 122 valence electrons. The first-order chi connectivity index (χ1) is 11.5. The van der Waals surface area contributed by atoms with Gasteiger partial charge in [-0.25, -0.2) is 0 Å². The molecule has 24 heavy (non-hydrogen) atoms. The van der Waals surface area contributed by atoms with Crippen molar-refractivity contribution in [3.8, 4) is 0 Å². The van der Waals surface area contributed by atoms with Crippen molar-refractivity contribution in [3.63, 3.8) is 0 Å². The molecule has 6 heteroatoms. The highest BCUT2D eigenvalue weighted by atomic mass is 35.5. The van der Waals surface area contributed by atoms with Crippen LogP contribution in [0.5, 0.6) is 0 Å². The normalized spacial score (nSPS) is 14.5. The van der Waals surface area contributed by atoms with E-state index < -0.39 is 17.7 Å². The number of fused-ring (bicyclic) bond motifs is 1. The molecule has 1 heterocycles. The lowest BCUT2D eigenvalue weighted by atomic mass is 10.1. The maximum Gasteiger partial charge on any atom is 0.262 e. The van der Waals surface area contributed by atoms with Crippen LogP contribution in [0.15, 0.2) is 48.5 Å². The topological polar surface area (TPSA) is 66.5 Å². The smallest absolute Gasteiger partial charge is 0.262 e. The Balaban J connectivity index is 1.68. The predicted octanol–water partition coefficient (Wildman–Crippen LogP) is 2.81. The zero-order chi connectivity index (χ0) is 17.3. The summed E-state index contributed by atoms with van der Waals surface area (Å²) in [6.07, 6.45) is 0. The fourth-order valence-corrected chi connectivity index (χ4v) is 2.87. The number of hydrogen-bond donors (Lipinski definition) is 1. The van der Waals surface area contributed by atoms with Crippen LogP contribution in [0, 0.1) is 0 Å². The lowest BCUT2D eigenvalue weighted by molar-refractivity contribution is -0.122. The van der Waals surface area contributed by atoms with Gasteiger partial charge in [0.1, 0.15) is 6.54 Å². The summed E-state index contributed by atoms with van der Waals surface area (Å²) < 4.78 is 0. The second-order valence-electron chi connectivity index (χ2n) is 5.59. The quantitative estimate of drug-likeness (QED) is 0.869. The van der Waals surface area contributed by atoms with Gasteiger partial charge in [0.15, 0.2) is 0 Å². The van der Waals surface area contributed by atoms with Crippen LogP contribution in [0.1, 0.15) is 39.2 Å². The summed E-state index contributed by atoms with van der Waals surface area (Å²) in [5.41, 5.74) is 1.51. The number of nitrogens with zero attached hydrogens (tertiary/aromatic N) is 1. The first kappa shape index (κ1) is 16.2. The minimum Gasteiger partial charge on any atom is -0.348 e. The number of amides is 3. The minimum absolute atomic E-state index is 0.286. The molecule has 1 atom stereocenters. The number of nitrogens with one attached hydrogen (secondary N) is 1. The third kappa shape index (κ3) is 3.03. The van der Waals surface area contributed by atoms with Crippen molar-refractivity contribution in [2.24, 2.45) is 0 Å². The number of hydrogen-bond acceptors (Lipinski definition) is 3. The molecule has 1 aliphatic rings. The largest absolute Gasteiger partial charge is 0.348 e. The zero-order valence-corrected chi connectivity index (χ0v) is 13.7. The van der Waals surface area contributed by atoms with E-state index in [-0.39, 0.29) is 12.6 Å². The molecule has 2 aromatic carbocycles. The van der Waals surface area contributed by atoms with Crippen molar-refractivity contribution >= 4 is 29.3 Å². The Labute approximate surface area is 144 Å². The molecular formula is C18H15ClN2O3. The minimum atomic E-state index is -0.443. The van der Waals surface area contributed by atoms with E-state index in [1.165, 1.54) is 0 Å². The van der Waals surface area contributed by atoms with Gasteiger partial charge in [-0.15, -0.1) is 0 Å². The van der Waals surface area contributed by atoms with Gasteiger partial charge in [-0.1, -0.05) is 35.9 Å². The van der Waals surface area contributed by atoms with Gasteiger partial charge in [0.25, 0.3) is 11.8 Å². The van der Waals surface area contributed by atoms with Crippen LogP contribution in [0.2, 0.25) is 5.02 Å². The van der Waals surface area contributed by atoms with Crippen molar-refractivity contribution in [2.75, 3.05) is 6.54 Å². The van der Waals surface area contributed by atoms with Crippen molar-refractivity contribution in [1.29, 1.82) is 0 Å². The predicted molar refractivity (Wildman–Crippen MR) is 89.8 cm³/mol. The van der Waals surface area contributed by atoms with Crippen molar-refractivity contribution < 1.29 is 14.4 Å². The number of carbonyl (C=O) groups is 3. The molecule has 0 spiro atoms. The summed E-state index contributed by atoms with van der Waals surface area (Å²) in [7, 11) is 0. The average molecular weight is 343 g/mol. The second kappa shape index (κ2) is 6.45. The standard InChI is InChI=1S/C18H15ClN2O3/c1-11(12-5-4-6-13(19)9-12)20-16(22)10-21-17(23)14-7-2-3-8-15(14)18(21)24/h2-9,11H,10H2,1H3,(H,20,22). The van der Waals surface area contributed by atoms with E-state index in [1.807, 2.05) is 13.0 Å². The lowest BCUT2D eigenvalue weighted by Gasteiger charge is -2.18. The number of carbonyl (C=O) groups excluding carboxylic acids is 3. The lowest BCUT2D eigenvalue weighted by Crippen LogP contribution is -2.41. The van der Waals surface area contributed by atoms with Gasteiger partial charge in [-0.3, -0.25) is 19.3 Å². The highest BCUT2D eigenvalue weighted by molar-refractivity contribution is 6.30. The van der Waals surface area contributed by atoms with Gasteiger partial charge in [-0.05, 0) is 36.8 Å². The first-order valence-corrected chi connectivity index (χ1v) is 7.85. The molecule has 0 bridgehead atoms. The Bertz CT molecular complexity index is 800. The molecule has 2 aromatic rings. The fraction of sp³-hybridized carbons (Fsp3) is 0.167. The first-order valence-electron chi connectivity index (χ1n) is 7.47. The molecule has 0 fully saturated rings. The summed E-state index contributed by atoms with van der Waals surface area (Å²) in [6.45, 7) is 1.50. The van der Waals surface area contributed by atoms with E-state index in [9.17, 15) is 14.4 Å². The monoisotopic (exact) mass is 342 g/mol. The summed E-state index contributed by atoms with van der Waals surface area (Å²) in [5, 5.41) is 3.35.